The van der Waals surface area contributed by atoms with Crippen LogP contribution in [0.5, 0.6) is 0 Å². The molecule has 1 aliphatic rings. The average Bonchev–Trinajstić information content (AvgIpc) is 1.84. The minimum absolute atomic E-state index is 0.727. The van der Waals surface area contributed by atoms with E-state index in [4.69, 9.17) is 0 Å². The molecule has 0 fully saturated rings. The molecular weight excluding hydrogens is 104 g/mol. The van der Waals surface area contributed by atoms with Gasteiger partial charge in [0.15, 0.2) is 0 Å². The summed E-state index contributed by atoms with van der Waals surface area (Å²) in [4.78, 5) is 0. The minimum Gasteiger partial charge on any atom is -0.194 e. The first-order chi connectivity index (χ1) is 3.21. The molecule has 0 aliphatic carbocycles. The normalized spacial score (nSPS) is 25.7. The maximum absolute atomic E-state index is 3.95. The molecule has 1 heterocycles. The second-order valence-corrected chi connectivity index (χ2v) is 4.88. The van der Waals surface area contributed by atoms with E-state index in [1.807, 2.05) is 0 Å². The van der Waals surface area contributed by atoms with E-state index in [2.05, 4.69) is 23.2 Å². The van der Waals surface area contributed by atoms with Gasteiger partial charge in [0.2, 0.25) is 0 Å². The standard InChI is InChI=1S/C6H10S/c1-7(2)5-3-4-6-7/h3,5H,1-2,4,6H2. The molecule has 0 aromatic carbocycles. The first-order valence-electron chi connectivity index (χ1n) is 2.34. The van der Waals surface area contributed by atoms with Crippen molar-refractivity contribution in [3.8, 4) is 0 Å². The molecule has 1 rings (SSSR count). The van der Waals surface area contributed by atoms with E-state index in [1.54, 1.807) is 0 Å². The monoisotopic (exact) mass is 114 g/mol. The Labute approximate surface area is 45.3 Å². The molecule has 0 aromatic heterocycles. The summed E-state index contributed by atoms with van der Waals surface area (Å²) in [5.74, 6) is 9.11. The quantitative estimate of drug-likeness (QED) is 0.419. The minimum atomic E-state index is -0.727. The Morgan fingerprint density at radius 3 is 2.29 bits per heavy atom. The third-order valence-electron chi connectivity index (χ3n) is 1.08. The zero-order valence-corrected chi connectivity index (χ0v) is 5.21. The van der Waals surface area contributed by atoms with Crippen LogP contribution in [0.15, 0.2) is 11.5 Å². The van der Waals surface area contributed by atoms with Crippen LogP contribution >= 0.6 is 9.21 Å². The van der Waals surface area contributed by atoms with Crippen molar-refractivity contribution < 1.29 is 0 Å². The lowest BCUT2D eigenvalue weighted by Crippen LogP contribution is -1.70. The SMILES string of the molecule is C=S1(=C)C=CCC1. The number of allylic oxidation sites excluding steroid dienone is 1. The van der Waals surface area contributed by atoms with E-state index >= 15 is 0 Å². The first kappa shape index (κ1) is 4.98. The highest BCUT2D eigenvalue weighted by atomic mass is 32.2. The van der Waals surface area contributed by atoms with Crippen LogP contribution in [-0.4, -0.2) is 17.5 Å². The molecule has 0 amide bonds. The molecule has 0 aromatic rings. The van der Waals surface area contributed by atoms with Crippen molar-refractivity contribution in [1.82, 2.24) is 0 Å². The van der Waals surface area contributed by atoms with Gasteiger partial charge in [0, 0.05) is 0 Å². The molecule has 0 spiro atoms. The van der Waals surface area contributed by atoms with Gasteiger partial charge in [0.1, 0.15) is 0 Å². The second kappa shape index (κ2) is 1.41. The molecular formula is C6H10S. The summed E-state index contributed by atoms with van der Waals surface area (Å²) in [6, 6.07) is 0. The van der Waals surface area contributed by atoms with Gasteiger partial charge in [0.05, 0.1) is 0 Å². The summed E-state index contributed by atoms with van der Waals surface area (Å²) in [6.07, 6.45) is 3.37. The summed E-state index contributed by atoms with van der Waals surface area (Å²) >= 11 is 0. The maximum atomic E-state index is 3.95. The number of hydrogen-bond donors (Lipinski definition) is 0. The Balaban J connectivity index is 2.99. The van der Waals surface area contributed by atoms with Crippen LogP contribution in [0, 0.1) is 0 Å². The summed E-state index contributed by atoms with van der Waals surface area (Å²) in [5, 5.41) is 2.16. The third-order valence-corrected chi connectivity index (χ3v) is 2.89. The molecule has 0 unspecified atom stereocenters. The summed E-state index contributed by atoms with van der Waals surface area (Å²) in [6.45, 7) is 0. The molecule has 0 atom stereocenters. The van der Waals surface area contributed by atoms with E-state index in [1.165, 1.54) is 12.2 Å². The van der Waals surface area contributed by atoms with Crippen molar-refractivity contribution in [2.75, 3.05) is 5.75 Å². The van der Waals surface area contributed by atoms with E-state index < -0.39 is 9.21 Å². The van der Waals surface area contributed by atoms with Gasteiger partial charge in [-0.05, 0) is 17.6 Å². The lowest BCUT2D eigenvalue weighted by atomic mass is 10.5. The van der Waals surface area contributed by atoms with Gasteiger partial charge in [-0.2, -0.15) is 9.21 Å². The van der Waals surface area contributed by atoms with Crippen LogP contribution in [0.3, 0.4) is 0 Å². The predicted octanol–water partition coefficient (Wildman–Crippen LogP) is 1.57. The van der Waals surface area contributed by atoms with Crippen LogP contribution in [0.2, 0.25) is 0 Å². The molecule has 0 N–H and O–H groups in total. The van der Waals surface area contributed by atoms with Gasteiger partial charge >= 0.3 is 0 Å². The molecule has 1 heteroatoms. The van der Waals surface area contributed by atoms with Crippen molar-refractivity contribution >= 4 is 20.9 Å². The van der Waals surface area contributed by atoms with Crippen molar-refractivity contribution in [3.05, 3.63) is 11.5 Å². The highest BCUT2D eigenvalue weighted by Crippen LogP contribution is 2.27. The highest BCUT2D eigenvalue weighted by molar-refractivity contribution is 8.30. The predicted molar refractivity (Wildman–Crippen MR) is 40.5 cm³/mol. The van der Waals surface area contributed by atoms with Gasteiger partial charge in [0.25, 0.3) is 0 Å². The molecule has 0 bridgehead atoms. The smallest absolute Gasteiger partial charge is 0.00994 e. The van der Waals surface area contributed by atoms with Gasteiger partial charge < -0.3 is 0 Å². The van der Waals surface area contributed by atoms with Crippen molar-refractivity contribution in [1.29, 1.82) is 0 Å². The summed E-state index contributed by atoms with van der Waals surface area (Å²) < 4.78 is 0. The molecule has 0 saturated heterocycles. The van der Waals surface area contributed by atoms with Crippen LogP contribution in [0.1, 0.15) is 6.42 Å². The Morgan fingerprint density at radius 1 is 1.43 bits per heavy atom. The third kappa shape index (κ3) is 1.10. The molecule has 0 saturated carbocycles. The Bertz CT molecular complexity index is 170. The van der Waals surface area contributed by atoms with Crippen LogP contribution in [-0.2, 0) is 0 Å². The molecule has 0 radical (unpaired) electrons. The van der Waals surface area contributed by atoms with Crippen LogP contribution in [0.25, 0.3) is 0 Å². The topological polar surface area (TPSA) is 0 Å². The van der Waals surface area contributed by atoms with Crippen LogP contribution in [0.4, 0.5) is 0 Å². The second-order valence-electron chi connectivity index (χ2n) is 1.98. The first-order valence-corrected chi connectivity index (χ1v) is 4.55. The maximum Gasteiger partial charge on any atom is -0.00994 e. The molecule has 1 aliphatic heterocycles. The van der Waals surface area contributed by atoms with E-state index in [-0.39, 0.29) is 0 Å². The van der Waals surface area contributed by atoms with Gasteiger partial charge in [-0.3, -0.25) is 0 Å². The Kier molecular flexibility index (Phi) is 1.00. The lowest BCUT2D eigenvalue weighted by molar-refractivity contribution is 1.28. The summed E-state index contributed by atoms with van der Waals surface area (Å²) in [7, 11) is -0.727. The van der Waals surface area contributed by atoms with Gasteiger partial charge in [-0.15, -0.1) is 0 Å². The van der Waals surface area contributed by atoms with Crippen molar-refractivity contribution in [2.45, 2.75) is 6.42 Å². The zero-order chi connectivity index (χ0) is 5.33. The zero-order valence-electron chi connectivity index (χ0n) is 4.39. The molecule has 0 nitrogen and oxygen atoms in total. The molecule has 7 heavy (non-hydrogen) atoms. The van der Waals surface area contributed by atoms with Gasteiger partial charge in [-0.1, -0.05) is 17.8 Å². The fourth-order valence-corrected chi connectivity index (χ4v) is 1.93. The number of rotatable bonds is 0. The fraction of sp³-hybridized carbons (Fsp3) is 0.333. The molecule has 40 valence electrons. The van der Waals surface area contributed by atoms with Crippen molar-refractivity contribution in [2.24, 2.45) is 0 Å². The largest absolute Gasteiger partial charge is 0.194 e. The average molecular weight is 114 g/mol. The van der Waals surface area contributed by atoms with Crippen molar-refractivity contribution in [3.63, 3.8) is 0 Å². The highest BCUT2D eigenvalue weighted by Gasteiger charge is 1.95. The fourth-order valence-electron chi connectivity index (χ4n) is 0.643. The number of hydrogen-bond acceptors (Lipinski definition) is 0. The summed E-state index contributed by atoms with van der Waals surface area (Å²) in [5.41, 5.74) is 0. The van der Waals surface area contributed by atoms with E-state index in [0.29, 0.717) is 0 Å². The lowest BCUT2D eigenvalue weighted by Gasteiger charge is -1.95. The Hall–Kier alpha value is -0.170. The van der Waals surface area contributed by atoms with Gasteiger partial charge in [-0.25, -0.2) is 0 Å². The van der Waals surface area contributed by atoms with E-state index in [9.17, 15) is 0 Å². The van der Waals surface area contributed by atoms with Crippen LogP contribution < -0.4 is 0 Å². The Morgan fingerprint density at radius 2 is 2.14 bits per heavy atom. The van der Waals surface area contributed by atoms with E-state index in [0.717, 1.165) is 0 Å².